The van der Waals surface area contributed by atoms with E-state index in [4.69, 9.17) is 14.2 Å². The molecule has 1 unspecified atom stereocenters. The molecule has 1 atom stereocenters. The fourth-order valence-corrected chi connectivity index (χ4v) is 3.47. The maximum atomic E-state index is 13.0. The number of hydrogen-bond donors (Lipinski definition) is 0. The highest BCUT2D eigenvalue weighted by molar-refractivity contribution is 5.88. The minimum absolute atomic E-state index is 0.0479. The van der Waals surface area contributed by atoms with E-state index in [1.165, 1.54) is 25.2 Å². The fraction of sp³-hybridized carbons (Fsp3) is 0.500. The number of hydrogen-bond acceptors (Lipinski definition) is 6. The molecule has 0 bridgehead atoms. The van der Waals surface area contributed by atoms with Crippen LogP contribution in [-0.2, 0) is 30.2 Å². The van der Waals surface area contributed by atoms with Crippen molar-refractivity contribution < 1.29 is 28.6 Å². The molecule has 29 heavy (non-hydrogen) atoms. The van der Waals surface area contributed by atoms with Crippen molar-refractivity contribution in [1.82, 2.24) is 4.90 Å². The van der Waals surface area contributed by atoms with Gasteiger partial charge in [-0.25, -0.2) is 9.59 Å². The number of ether oxygens (including phenoxy) is 3. The smallest absolute Gasteiger partial charge is 0.410 e. The van der Waals surface area contributed by atoms with Crippen LogP contribution < -0.4 is 0 Å². The van der Waals surface area contributed by atoms with Gasteiger partial charge in [0.05, 0.1) is 14.2 Å². The van der Waals surface area contributed by atoms with E-state index in [-0.39, 0.29) is 13.0 Å². The Kier molecular flexibility index (Phi) is 7.06. The van der Waals surface area contributed by atoms with E-state index in [9.17, 15) is 14.4 Å². The number of amides is 1. The summed E-state index contributed by atoms with van der Waals surface area (Å²) in [6, 6.07) is 9.42. The topological polar surface area (TPSA) is 82.1 Å². The molecular weight excluding hydrogens is 374 g/mol. The summed E-state index contributed by atoms with van der Waals surface area (Å²) < 4.78 is 15.4. The van der Waals surface area contributed by atoms with Crippen LogP contribution in [0.5, 0.6) is 0 Å². The minimum Gasteiger partial charge on any atom is -0.468 e. The summed E-state index contributed by atoms with van der Waals surface area (Å²) in [5, 5.41) is 0. The van der Waals surface area contributed by atoms with Crippen LogP contribution in [-0.4, -0.2) is 55.8 Å². The summed E-state index contributed by atoms with van der Waals surface area (Å²) in [7, 11) is 2.59. The lowest BCUT2D eigenvalue weighted by atomic mass is 9.71. The third-order valence-electron chi connectivity index (χ3n) is 4.80. The number of benzene rings is 1. The molecule has 0 aliphatic carbocycles. The lowest BCUT2D eigenvalue weighted by Crippen LogP contribution is -2.53. The van der Waals surface area contributed by atoms with Gasteiger partial charge in [-0.3, -0.25) is 4.79 Å². The molecule has 1 amide bonds. The molecular formula is C22H29NO6. The van der Waals surface area contributed by atoms with E-state index in [0.29, 0.717) is 18.5 Å². The molecule has 0 radical (unpaired) electrons. The number of nitrogens with zero attached hydrogens (tertiary/aromatic N) is 1. The number of likely N-dealkylation sites (tertiary alicyclic amines) is 1. The number of carbonyl (C=O) groups is 3. The second-order valence-corrected chi connectivity index (χ2v) is 8.08. The van der Waals surface area contributed by atoms with Crippen LogP contribution in [0.4, 0.5) is 4.79 Å². The Morgan fingerprint density at radius 3 is 2.31 bits per heavy atom. The van der Waals surface area contributed by atoms with Gasteiger partial charge in [0.15, 0.2) is 0 Å². The number of esters is 2. The van der Waals surface area contributed by atoms with Crippen LogP contribution >= 0.6 is 0 Å². The molecule has 0 spiro atoms. The van der Waals surface area contributed by atoms with Gasteiger partial charge in [-0.2, -0.15) is 0 Å². The van der Waals surface area contributed by atoms with Gasteiger partial charge < -0.3 is 19.1 Å². The van der Waals surface area contributed by atoms with Crippen LogP contribution in [0.2, 0.25) is 0 Å². The van der Waals surface area contributed by atoms with Crippen LogP contribution in [0.1, 0.15) is 32.8 Å². The second-order valence-electron chi connectivity index (χ2n) is 8.08. The Balaban J connectivity index is 2.49. The quantitative estimate of drug-likeness (QED) is 0.436. The molecule has 1 saturated heterocycles. The molecule has 1 aromatic carbocycles. The number of carbonyl (C=O) groups excluding carboxylic acids is 3. The standard InChI is InChI=1S/C22H29NO6/c1-21(2,3)29-20(26)23-12-11-17(13-18(24)27-4)22(15-23,19(25)28-5)14-16-9-7-6-8-10-16/h6-10,13H,11-12,14-15H2,1-5H3/b17-13-. The van der Waals surface area contributed by atoms with Crippen LogP contribution in [0.3, 0.4) is 0 Å². The van der Waals surface area contributed by atoms with E-state index in [2.05, 4.69) is 0 Å². The zero-order valence-electron chi connectivity index (χ0n) is 17.7. The van der Waals surface area contributed by atoms with E-state index < -0.39 is 29.0 Å². The summed E-state index contributed by atoms with van der Waals surface area (Å²) in [5.41, 5.74) is -0.397. The molecule has 158 valence electrons. The first-order valence-corrected chi connectivity index (χ1v) is 9.50. The van der Waals surface area contributed by atoms with E-state index in [1.54, 1.807) is 20.8 Å². The van der Waals surface area contributed by atoms with Gasteiger partial charge in [0.1, 0.15) is 11.0 Å². The van der Waals surface area contributed by atoms with Crippen LogP contribution in [0, 0.1) is 5.41 Å². The Labute approximate surface area is 171 Å². The SMILES string of the molecule is COC(=O)/C=C1/CCN(C(=O)OC(C)(C)C)CC1(Cc1ccccc1)C(=O)OC. The van der Waals surface area contributed by atoms with Crippen molar-refractivity contribution in [3.05, 3.63) is 47.5 Å². The first-order chi connectivity index (χ1) is 13.6. The molecule has 7 heteroatoms. The highest BCUT2D eigenvalue weighted by Crippen LogP contribution is 2.40. The summed E-state index contributed by atoms with van der Waals surface area (Å²) in [6.07, 6.45) is 1.45. The van der Waals surface area contributed by atoms with Gasteiger partial charge in [-0.15, -0.1) is 0 Å². The van der Waals surface area contributed by atoms with Crippen LogP contribution in [0.25, 0.3) is 0 Å². The molecule has 1 aliphatic heterocycles. The second kappa shape index (κ2) is 9.11. The first-order valence-electron chi connectivity index (χ1n) is 9.50. The Morgan fingerprint density at radius 1 is 1.10 bits per heavy atom. The summed E-state index contributed by atoms with van der Waals surface area (Å²) >= 11 is 0. The molecule has 0 aromatic heterocycles. The normalized spacial score (nSPS) is 20.9. The van der Waals surface area contributed by atoms with Crippen molar-refractivity contribution in [2.24, 2.45) is 5.41 Å². The van der Waals surface area contributed by atoms with E-state index >= 15 is 0 Å². The van der Waals surface area contributed by atoms with Crippen LogP contribution in [0.15, 0.2) is 42.0 Å². The average Bonchev–Trinajstić information content (AvgIpc) is 2.67. The molecule has 1 aromatic rings. The highest BCUT2D eigenvalue weighted by atomic mass is 16.6. The van der Waals surface area contributed by atoms with Gasteiger partial charge in [-0.05, 0) is 44.7 Å². The minimum atomic E-state index is -1.21. The Hall–Kier alpha value is -2.83. The third kappa shape index (κ3) is 5.59. The highest BCUT2D eigenvalue weighted by Gasteiger charge is 2.49. The predicted octanol–water partition coefficient (Wildman–Crippen LogP) is 3.13. The van der Waals surface area contributed by atoms with Gasteiger partial charge >= 0.3 is 18.0 Å². The van der Waals surface area contributed by atoms with E-state index in [1.807, 2.05) is 30.3 Å². The molecule has 0 N–H and O–H groups in total. The lowest BCUT2D eigenvalue weighted by molar-refractivity contribution is -0.152. The third-order valence-corrected chi connectivity index (χ3v) is 4.80. The maximum Gasteiger partial charge on any atom is 0.410 e. The number of piperidine rings is 1. The van der Waals surface area contributed by atoms with E-state index in [0.717, 1.165) is 5.56 Å². The fourth-order valence-electron chi connectivity index (χ4n) is 3.47. The van der Waals surface area contributed by atoms with Gasteiger partial charge in [0.25, 0.3) is 0 Å². The van der Waals surface area contributed by atoms with Crippen molar-refractivity contribution >= 4 is 18.0 Å². The van der Waals surface area contributed by atoms with Crippen molar-refractivity contribution in [2.75, 3.05) is 27.3 Å². The lowest BCUT2D eigenvalue weighted by Gasteiger charge is -2.43. The maximum absolute atomic E-state index is 13.0. The molecule has 0 saturated carbocycles. The zero-order chi connectivity index (χ0) is 21.7. The summed E-state index contributed by atoms with van der Waals surface area (Å²) in [6.45, 7) is 5.73. The van der Waals surface area contributed by atoms with Gasteiger partial charge in [-0.1, -0.05) is 30.3 Å². The van der Waals surface area contributed by atoms with Crippen molar-refractivity contribution in [2.45, 2.75) is 39.2 Å². The summed E-state index contributed by atoms with van der Waals surface area (Å²) in [5.74, 6) is -1.06. The monoisotopic (exact) mass is 403 g/mol. The average molecular weight is 403 g/mol. The van der Waals surface area contributed by atoms with Gasteiger partial charge in [0.2, 0.25) is 0 Å². The predicted molar refractivity (Wildman–Crippen MR) is 107 cm³/mol. The first kappa shape index (κ1) is 22.5. The van der Waals surface area contributed by atoms with Crippen molar-refractivity contribution in [3.8, 4) is 0 Å². The largest absolute Gasteiger partial charge is 0.468 e. The molecule has 1 heterocycles. The Morgan fingerprint density at radius 2 is 1.76 bits per heavy atom. The van der Waals surface area contributed by atoms with Crippen molar-refractivity contribution in [3.63, 3.8) is 0 Å². The zero-order valence-corrected chi connectivity index (χ0v) is 17.7. The Bertz CT molecular complexity index is 780. The number of rotatable bonds is 4. The molecule has 7 nitrogen and oxygen atoms in total. The number of methoxy groups -OCH3 is 2. The van der Waals surface area contributed by atoms with Gasteiger partial charge in [0, 0.05) is 19.2 Å². The molecule has 1 fully saturated rings. The summed E-state index contributed by atoms with van der Waals surface area (Å²) in [4.78, 5) is 39.2. The van der Waals surface area contributed by atoms with Crippen molar-refractivity contribution in [1.29, 1.82) is 0 Å². The molecule has 2 rings (SSSR count). The molecule has 1 aliphatic rings.